The highest BCUT2D eigenvalue weighted by atomic mass is 16.5. The van der Waals surface area contributed by atoms with E-state index >= 15 is 0 Å². The number of nitrogens with zero attached hydrogens (tertiary/aromatic N) is 2. The van der Waals surface area contributed by atoms with E-state index in [9.17, 15) is 4.79 Å². The van der Waals surface area contributed by atoms with Crippen molar-refractivity contribution in [2.24, 2.45) is 5.92 Å². The van der Waals surface area contributed by atoms with E-state index in [0.29, 0.717) is 17.9 Å². The first kappa shape index (κ1) is 17.7. The van der Waals surface area contributed by atoms with Gasteiger partial charge in [0.2, 0.25) is 0 Å². The lowest BCUT2D eigenvalue weighted by Crippen LogP contribution is -2.39. The number of hydrogen-bond acceptors (Lipinski definition) is 4. The van der Waals surface area contributed by atoms with Crippen molar-refractivity contribution < 1.29 is 9.32 Å². The lowest BCUT2D eigenvalue weighted by molar-refractivity contribution is 0.0944. The molecule has 0 bridgehead atoms. The maximum Gasteiger partial charge on any atom is 0.251 e. The third kappa shape index (κ3) is 4.03. The van der Waals surface area contributed by atoms with Gasteiger partial charge in [-0.2, -0.15) is 0 Å². The van der Waals surface area contributed by atoms with Crippen molar-refractivity contribution >= 4 is 16.8 Å². The molecule has 2 heterocycles. The Bertz CT molecular complexity index is 912. The Kier molecular flexibility index (Phi) is 5.21. The van der Waals surface area contributed by atoms with Gasteiger partial charge in [0.1, 0.15) is 5.52 Å². The predicted octanol–water partition coefficient (Wildman–Crippen LogP) is 3.96. The van der Waals surface area contributed by atoms with Crippen molar-refractivity contribution in [2.45, 2.75) is 19.8 Å². The average molecular weight is 363 g/mol. The molecule has 0 aliphatic carbocycles. The van der Waals surface area contributed by atoms with E-state index in [4.69, 9.17) is 4.52 Å². The molecule has 140 valence electrons. The van der Waals surface area contributed by atoms with E-state index in [-0.39, 0.29) is 5.91 Å². The molecule has 2 aromatic carbocycles. The molecular formula is C22H25N3O2. The number of nitrogens with one attached hydrogen (secondary N) is 1. The number of benzene rings is 2. The molecule has 3 aromatic rings. The number of carbonyl (C=O) groups excluding carboxylic acids is 1. The highest BCUT2D eigenvalue weighted by Crippen LogP contribution is 2.29. The van der Waals surface area contributed by atoms with E-state index < -0.39 is 0 Å². The molecule has 0 atom stereocenters. The monoisotopic (exact) mass is 363 g/mol. The Balaban J connectivity index is 1.43. The number of likely N-dealkylation sites (tertiary alicyclic amines) is 1. The second-order valence-corrected chi connectivity index (χ2v) is 7.39. The summed E-state index contributed by atoms with van der Waals surface area (Å²) < 4.78 is 5.52. The van der Waals surface area contributed by atoms with Gasteiger partial charge in [-0.05, 0) is 50.0 Å². The molecule has 0 spiro atoms. The minimum absolute atomic E-state index is 0.0533. The van der Waals surface area contributed by atoms with Gasteiger partial charge in [0, 0.05) is 24.2 Å². The molecule has 27 heavy (non-hydrogen) atoms. The van der Waals surface area contributed by atoms with Crippen LogP contribution in [0.4, 0.5) is 0 Å². The molecule has 1 aliphatic heterocycles. The van der Waals surface area contributed by atoms with Crippen molar-refractivity contribution in [1.29, 1.82) is 0 Å². The Morgan fingerprint density at radius 3 is 2.74 bits per heavy atom. The van der Waals surface area contributed by atoms with Crippen molar-refractivity contribution in [2.75, 3.05) is 26.2 Å². The zero-order valence-corrected chi connectivity index (χ0v) is 15.6. The summed E-state index contributed by atoms with van der Waals surface area (Å²) in [6.45, 7) is 6.14. The molecule has 5 heteroatoms. The van der Waals surface area contributed by atoms with Crippen LogP contribution in [0.2, 0.25) is 0 Å². The average Bonchev–Trinajstić information content (AvgIpc) is 3.13. The van der Waals surface area contributed by atoms with E-state index in [0.717, 1.165) is 42.0 Å². The molecule has 5 nitrogen and oxygen atoms in total. The van der Waals surface area contributed by atoms with Crippen LogP contribution in [0.25, 0.3) is 22.2 Å². The molecule has 1 fully saturated rings. The summed E-state index contributed by atoms with van der Waals surface area (Å²) in [7, 11) is 0. The summed E-state index contributed by atoms with van der Waals surface area (Å²) in [4.78, 5) is 15.0. The van der Waals surface area contributed by atoms with Gasteiger partial charge in [-0.25, -0.2) is 0 Å². The lowest BCUT2D eigenvalue weighted by atomic mass is 9.99. The Morgan fingerprint density at radius 2 is 1.96 bits per heavy atom. The van der Waals surface area contributed by atoms with Gasteiger partial charge in [0.25, 0.3) is 5.91 Å². The first-order chi connectivity index (χ1) is 13.2. The van der Waals surface area contributed by atoms with Gasteiger partial charge < -0.3 is 14.7 Å². The number of fused-ring (bicyclic) bond motifs is 1. The fourth-order valence-corrected chi connectivity index (χ4v) is 3.60. The van der Waals surface area contributed by atoms with Crippen LogP contribution in [-0.2, 0) is 0 Å². The van der Waals surface area contributed by atoms with E-state index in [2.05, 4.69) is 22.3 Å². The molecular weight excluding hydrogens is 338 g/mol. The molecule has 4 rings (SSSR count). The van der Waals surface area contributed by atoms with Gasteiger partial charge in [-0.1, -0.05) is 42.4 Å². The molecule has 1 amide bonds. The highest BCUT2D eigenvalue weighted by Gasteiger charge is 2.16. The van der Waals surface area contributed by atoms with Gasteiger partial charge >= 0.3 is 0 Å². The minimum Gasteiger partial charge on any atom is -0.355 e. The Labute approximate surface area is 159 Å². The van der Waals surface area contributed by atoms with Crippen LogP contribution >= 0.6 is 0 Å². The van der Waals surface area contributed by atoms with Crippen LogP contribution in [0.3, 0.4) is 0 Å². The largest absolute Gasteiger partial charge is 0.355 e. The molecule has 0 radical (unpaired) electrons. The molecule has 1 aliphatic rings. The summed E-state index contributed by atoms with van der Waals surface area (Å²) in [5.41, 5.74) is 2.35. The van der Waals surface area contributed by atoms with Crippen LogP contribution in [-0.4, -0.2) is 42.1 Å². The Morgan fingerprint density at radius 1 is 1.19 bits per heavy atom. The predicted molar refractivity (Wildman–Crippen MR) is 107 cm³/mol. The number of amides is 1. The number of aromatic nitrogens is 1. The second kappa shape index (κ2) is 7.92. The molecule has 0 saturated carbocycles. The van der Waals surface area contributed by atoms with Crippen molar-refractivity contribution in [3.8, 4) is 11.3 Å². The molecule has 1 aromatic heterocycles. The van der Waals surface area contributed by atoms with E-state index in [1.165, 1.54) is 12.8 Å². The fraction of sp³-hybridized carbons (Fsp3) is 0.364. The quantitative estimate of drug-likeness (QED) is 0.745. The maximum atomic E-state index is 12.6. The normalized spacial score (nSPS) is 15.9. The first-order valence-corrected chi connectivity index (χ1v) is 9.66. The molecule has 0 unspecified atom stereocenters. The van der Waals surface area contributed by atoms with Gasteiger partial charge in [0.05, 0.1) is 5.39 Å². The van der Waals surface area contributed by atoms with E-state index in [1.807, 2.05) is 42.5 Å². The summed E-state index contributed by atoms with van der Waals surface area (Å²) in [6, 6.07) is 15.3. The number of carbonyl (C=O) groups is 1. The number of piperidine rings is 1. The smallest absolute Gasteiger partial charge is 0.251 e. The maximum absolute atomic E-state index is 12.6. The van der Waals surface area contributed by atoms with Crippen molar-refractivity contribution in [3.05, 3.63) is 54.1 Å². The van der Waals surface area contributed by atoms with Gasteiger partial charge in [0.15, 0.2) is 5.76 Å². The first-order valence-electron chi connectivity index (χ1n) is 9.66. The van der Waals surface area contributed by atoms with Crippen LogP contribution < -0.4 is 5.32 Å². The van der Waals surface area contributed by atoms with Crippen LogP contribution in [0, 0.1) is 5.92 Å². The summed E-state index contributed by atoms with van der Waals surface area (Å²) in [6.07, 6.45) is 2.50. The van der Waals surface area contributed by atoms with Crippen LogP contribution in [0.5, 0.6) is 0 Å². The van der Waals surface area contributed by atoms with Crippen molar-refractivity contribution in [1.82, 2.24) is 15.4 Å². The summed E-state index contributed by atoms with van der Waals surface area (Å²) in [5, 5.41) is 8.01. The molecule has 1 saturated heterocycles. The fourth-order valence-electron chi connectivity index (χ4n) is 3.60. The van der Waals surface area contributed by atoms with Gasteiger partial charge in [-0.15, -0.1) is 0 Å². The third-order valence-corrected chi connectivity index (χ3v) is 5.36. The highest BCUT2D eigenvalue weighted by molar-refractivity contribution is 6.00. The number of hydrogen-bond donors (Lipinski definition) is 1. The Hall–Kier alpha value is -2.66. The van der Waals surface area contributed by atoms with E-state index in [1.54, 1.807) is 6.07 Å². The zero-order valence-electron chi connectivity index (χ0n) is 15.6. The third-order valence-electron chi connectivity index (χ3n) is 5.36. The van der Waals surface area contributed by atoms with Crippen molar-refractivity contribution in [3.63, 3.8) is 0 Å². The summed E-state index contributed by atoms with van der Waals surface area (Å²) in [5.74, 6) is 1.47. The minimum atomic E-state index is -0.0533. The SMILES string of the molecule is CC1CCN(CCNC(=O)c2ccc3noc(-c4ccccc4)c3c2)CC1. The standard InChI is InChI=1S/C22H25N3O2/c1-16-9-12-25(13-10-16)14-11-23-22(26)18-7-8-20-19(15-18)21(27-24-20)17-5-3-2-4-6-17/h2-8,15-16H,9-14H2,1H3,(H,23,26). The zero-order chi connectivity index (χ0) is 18.6. The second-order valence-electron chi connectivity index (χ2n) is 7.39. The van der Waals surface area contributed by atoms with Crippen LogP contribution in [0.1, 0.15) is 30.1 Å². The topological polar surface area (TPSA) is 58.4 Å². The summed E-state index contributed by atoms with van der Waals surface area (Å²) >= 11 is 0. The van der Waals surface area contributed by atoms with Crippen LogP contribution in [0.15, 0.2) is 53.1 Å². The lowest BCUT2D eigenvalue weighted by Gasteiger charge is -2.30. The number of rotatable bonds is 5. The molecule has 1 N–H and O–H groups in total. The van der Waals surface area contributed by atoms with Gasteiger partial charge in [-0.3, -0.25) is 4.79 Å².